The molecule has 2 fully saturated rings. The van der Waals surface area contributed by atoms with Gasteiger partial charge in [0.2, 0.25) is 0 Å². The minimum atomic E-state index is -0.990. The Morgan fingerprint density at radius 1 is 1.28 bits per heavy atom. The van der Waals surface area contributed by atoms with E-state index < -0.39 is 17.5 Å². The summed E-state index contributed by atoms with van der Waals surface area (Å²) in [7, 11) is 0. The van der Waals surface area contributed by atoms with E-state index in [0.717, 1.165) is 32.1 Å². The molecule has 2 N–H and O–H groups in total. The molecule has 0 bridgehead atoms. The highest BCUT2D eigenvalue weighted by Crippen LogP contribution is 2.62. The Hall–Kier alpha value is -1.62. The van der Waals surface area contributed by atoms with Gasteiger partial charge in [-0.3, -0.25) is 9.59 Å². The van der Waals surface area contributed by atoms with Gasteiger partial charge in [0.1, 0.15) is 6.10 Å². The number of carboxylic acids is 1. The second-order valence-electron chi connectivity index (χ2n) is 10.3. The maximum Gasteiger partial charge on any atom is 0.306 e. The third-order valence-electron chi connectivity index (χ3n) is 7.42. The van der Waals surface area contributed by atoms with Gasteiger partial charge in [0.25, 0.3) is 0 Å². The van der Waals surface area contributed by atoms with Crippen LogP contribution in [0.15, 0.2) is 24.8 Å². The fraction of sp³-hybridized carbons (Fsp3) is 0.750. The maximum absolute atomic E-state index is 12.2. The van der Waals surface area contributed by atoms with Gasteiger partial charge in [0.05, 0.1) is 18.4 Å². The molecule has 5 unspecified atom stereocenters. The number of esters is 1. The molecule has 2 aliphatic rings. The summed E-state index contributed by atoms with van der Waals surface area (Å²) in [6, 6.07) is 0. The minimum absolute atomic E-state index is 0.00461. The molecule has 0 aromatic heterocycles. The standard InChI is InChI=1S/C24H38O5/c1-7-23(5,28)13-12-18-16(2)8-9-19-22(3,4)14-17(15-24(18,19)6)29-21(27)11-10-20(25)26/h7,17-19,28H,1-2,8-15H2,3-6H3,(H,25,26). The quantitative estimate of drug-likeness (QED) is 0.443. The molecule has 0 aliphatic heterocycles. The number of carbonyl (C=O) groups is 2. The van der Waals surface area contributed by atoms with Crippen molar-refractivity contribution in [2.24, 2.45) is 22.7 Å². The molecule has 0 amide bonds. The molecule has 5 heteroatoms. The average molecular weight is 407 g/mol. The van der Waals surface area contributed by atoms with Gasteiger partial charge in [0, 0.05) is 0 Å². The van der Waals surface area contributed by atoms with Gasteiger partial charge in [-0.15, -0.1) is 6.58 Å². The first-order valence-corrected chi connectivity index (χ1v) is 10.8. The number of aliphatic hydroxyl groups is 1. The smallest absolute Gasteiger partial charge is 0.306 e. The van der Waals surface area contributed by atoms with E-state index in [1.807, 2.05) is 0 Å². The number of carbonyl (C=O) groups excluding carboxylic acids is 1. The largest absolute Gasteiger partial charge is 0.481 e. The zero-order valence-electron chi connectivity index (χ0n) is 18.5. The van der Waals surface area contributed by atoms with Crippen molar-refractivity contribution in [2.45, 2.75) is 90.8 Å². The molecular weight excluding hydrogens is 368 g/mol. The minimum Gasteiger partial charge on any atom is -0.481 e. The van der Waals surface area contributed by atoms with Crippen molar-refractivity contribution in [3.8, 4) is 0 Å². The summed E-state index contributed by atoms with van der Waals surface area (Å²) in [4.78, 5) is 22.9. The van der Waals surface area contributed by atoms with Crippen LogP contribution in [0.25, 0.3) is 0 Å². The van der Waals surface area contributed by atoms with E-state index in [9.17, 15) is 14.7 Å². The van der Waals surface area contributed by atoms with Crippen molar-refractivity contribution in [3.63, 3.8) is 0 Å². The van der Waals surface area contributed by atoms with Crippen LogP contribution in [0, 0.1) is 22.7 Å². The highest BCUT2D eigenvalue weighted by molar-refractivity contribution is 5.76. The van der Waals surface area contributed by atoms with Crippen molar-refractivity contribution < 1.29 is 24.5 Å². The highest BCUT2D eigenvalue weighted by Gasteiger charge is 2.56. The van der Waals surface area contributed by atoms with E-state index in [-0.39, 0.29) is 35.7 Å². The van der Waals surface area contributed by atoms with E-state index in [0.29, 0.717) is 12.3 Å². The molecule has 0 radical (unpaired) electrons. The fourth-order valence-corrected chi connectivity index (χ4v) is 6.01. The van der Waals surface area contributed by atoms with Crippen molar-refractivity contribution in [1.82, 2.24) is 0 Å². The number of allylic oxidation sites excluding steroid dienone is 1. The van der Waals surface area contributed by atoms with E-state index in [4.69, 9.17) is 9.84 Å². The van der Waals surface area contributed by atoms with Gasteiger partial charge in [-0.1, -0.05) is 39.0 Å². The first-order valence-electron chi connectivity index (χ1n) is 10.8. The van der Waals surface area contributed by atoms with Gasteiger partial charge < -0.3 is 14.9 Å². The zero-order valence-corrected chi connectivity index (χ0v) is 18.5. The molecule has 164 valence electrons. The number of carboxylic acid groups (broad SMARTS) is 1. The van der Waals surface area contributed by atoms with E-state index >= 15 is 0 Å². The molecule has 2 saturated carbocycles. The number of ether oxygens (including phenoxy) is 1. The third-order valence-corrected chi connectivity index (χ3v) is 7.42. The Morgan fingerprint density at radius 3 is 2.52 bits per heavy atom. The van der Waals surface area contributed by atoms with E-state index in [1.165, 1.54) is 5.57 Å². The van der Waals surface area contributed by atoms with Gasteiger partial charge in [-0.05, 0) is 68.1 Å². The lowest BCUT2D eigenvalue weighted by molar-refractivity contribution is -0.167. The second kappa shape index (κ2) is 8.63. The molecule has 0 aromatic rings. The van der Waals surface area contributed by atoms with Gasteiger partial charge in [0.15, 0.2) is 0 Å². The van der Waals surface area contributed by atoms with Crippen LogP contribution in [0.4, 0.5) is 0 Å². The van der Waals surface area contributed by atoms with Crippen LogP contribution >= 0.6 is 0 Å². The Labute approximate surface area is 175 Å². The van der Waals surface area contributed by atoms with Crippen LogP contribution in [-0.4, -0.2) is 33.9 Å². The molecular formula is C24H38O5. The number of hydrogen-bond acceptors (Lipinski definition) is 4. The van der Waals surface area contributed by atoms with Crippen molar-refractivity contribution >= 4 is 11.9 Å². The van der Waals surface area contributed by atoms with E-state index in [1.54, 1.807) is 13.0 Å². The maximum atomic E-state index is 12.2. The average Bonchev–Trinajstić information content (AvgIpc) is 2.58. The molecule has 0 saturated heterocycles. The van der Waals surface area contributed by atoms with Gasteiger partial charge in [-0.2, -0.15) is 0 Å². The summed E-state index contributed by atoms with van der Waals surface area (Å²) in [5, 5.41) is 19.2. The molecule has 5 atom stereocenters. The molecule has 5 nitrogen and oxygen atoms in total. The predicted octanol–water partition coefficient (Wildman–Crippen LogP) is 4.89. The molecule has 2 aliphatic carbocycles. The summed E-state index contributed by atoms with van der Waals surface area (Å²) in [6.07, 6.45) is 6.12. The summed E-state index contributed by atoms with van der Waals surface area (Å²) in [6.45, 7) is 16.7. The monoisotopic (exact) mass is 406 g/mol. The van der Waals surface area contributed by atoms with Gasteiger partial charge >= 0.3 is 11.9 Å². The first kappa shape index (κ1) is 23.7. The van der Waals surface area contributed by atoms with E-state index in [2.05, 4.69) is 33.9 Å². The van der Waals surface area contributed by atoms with Gasteiger partial charge in [-0.25, -0.2) is 0 Å². The lowest BCUT2D eigenvalue weighted by atomic mass is 9.46. The predicted molar refractivity (Wildman–Crippen MR) is 113 cm³/mol. The summed E-state index contributed by atoms with van der Waals surface area (Å²) < 4.78 is 5.74. The fourth-order valence-electron chi connectivity index (χ4n) is 6.01. The van der Waals surface area contributed by atoms with Crippen LogP contribution in [0.2, 0.25) is 0 Å². The summed E-state index contributed by atoms with van der Waals surface area (Å²) in [5.41, 5.74) is 0.241. The number of fused-ring (bicyclic) bond motifs is 1. The topological polar surface area (TPSA) is 83.8 Å². The van der Waals surface area contributed by atoms with Crippen molar-refractivity contribution in [2.75, 3.05) is 0 Å². The summed E-state index contributed by atoms with van der Waals surface area (Å²) >= 11 is 0. The van der Waals surface area contributed by atoms with Crippen LogP contribution in [0.5, 0.6) is 0 Å². The highest BCUT2D eigenvalue weighted by atomic mass is 16.5. The SMILES string of the molecule is C=CC(C)(O)CCC1C(=C)CCC2C(C)(C)CC(OC(=O)CCC(=O)O)CC12C. The second-order valence-corrected chi connectivity index (χ2v) is 10.3. The lowest BCUT2D eigenvalue weighted by Crippen LogP contribution is -2.54. The van der Waals surface area contributed by atoms with Crippen molar-refractivity contribution in [1.29, 1.82) is 0 Å². The number of hydrogen-bond donors (Lipinski definition) is 2. The molecule has 29 heavy (non-hydrogen) atoms. The zero-order chi connectivity index (χ0) is 22.0. The normalized spacial score (nSPS) is 33.3. The Kier molecular flexibility index (Phi) is 7.04. The molecule has 2 rings (SSSR count). The third kappa shape index (κ3) is 5.50. The number of rotatable bonds is 8. The Balaban J connectivity index is 2.21. The van der Waals surface area contributed by atoms with Crippen LogP contribution in [0.1, 0.15) is 79.1 Å². The number of aliphatic carboxylic acids is 1. The summed E-state index contributed by atoms with van der Waals surface area (Å²) in [5.74, 6) is -0.701. The van der Waals surface area contributed by atoms with Crippen LogP contribution in [0.3, 0.4) is 0 Å². The molecule has 0 spiro atoms. The van der Waals surface area contributed by atoms with Crippen LogP contribution < -0.4 is 0 Å². The Bertz CT molecular complexity index is 662. The molecule has 0 heterocycles. The Morgan fingerprint density at radius 2 is 1.93 bits per heavy atom. The first-order chi connectivity index (χ1) is 13.3. The molecule has 0 aromatic carbocycles. The van der Waals surface area contributed by atoms with Crippen LogP contribution in [-0.2, 0) is 14.3 Å². The van der Waals surface area contributed by atoms with Crippen molar-refractivity contribution in [3.05, 3.63) is 24.8 Å². The lowest BCUT2D eigenvalue weighted by Gasteiger charge is -2.59.